The monoisotopic (exact) mass is 565 g/mol. The maximum absolute atomic E-state index is 11.4. The molecule has 1 fully saturated rings. The molecule has 1 atom stereocenters. The van der Waals surface area contributed by atoms with Gasteiger partial charge in [0.15, 0.2) is 29.2 Å². The Morgan fingerprint density at radius 2 is 1.44 bits per heavy atom. The van der Waals surface area contributed by atoms with Crippen molar-refractivity contribution in [2.24, 2.45) is 0 Å². The minimum Gasteiger partial charge on any atom is -0.493 e. The van der Waals surface area contributed by atoms with Crippen LogP contribution in [0.3, 0.4) is 0 Å². The predicted octanol–water partition coefficient (Wildman–Crippen LogP) is 5.22. The number of methoxy groups -OCH3 is 4. The first kappa shape index (κ1) is 30.0. The Bertz CT molecular complexity index is 1300. The summed E-state index contributed by atoms with van der Waals surface area (Å²) in [7, 11) is 6.43. The molecule has 4 rings (SSSR count). The second-order valence-electron chi connectivity index (χ2n) is 10.0. The van der Waals surface area contributed by atoms with Gasteiger partial charge in [0.1, 0.15) is 0 Å². The topological polar surface area (TPSA) is 107 Å². The normalized spacial score (nSPS) is 13.5. The van der Waals surface area contributed by atoms with E-state index in [0.29, 0.717) is 29.6 Å². The molecule has 1 saturated carbocycles. The van der Waals surface area contributed by atoms with Gasteiger partial charge in [0, 0.05) is 55.1 Å². The highest BCUT2D eigenvalue weighted by molar-refractivity contribution is 5.57. The number of benzene rings is 3. The predicted molar refractivity (Wildman–Crippen MR) is 157 cm³/mol. The summed E-state index contributed by atoms with van der Waals surface area (Å²) in [5.74, 6) is 2.60. The van der Waals surface area contributed by atoms with Crippen molar-refractivity contribution in [2.75, 3.05) is 53.0 Å². The van der Waals surface area contributed by atoms with Crippen molar-refractivity contribution in [3.63, 3.8) is 0 Å². The zero-order valence-corrected chi connectivity index (χ0v) is 24.1. The molecule has 0 amide bonds. The van der Waals surface area contributed by atoms with Gasteiger partial charge in [-0.2, -0.15) is 0 Å². The fourth-order valence-corrected chi connectivity index (χ4v) is 5.01. The van der Waals surface area contributed by atoms with E-state index in [2.05, 4.69) is 11.0 Å². The smallest absolute Gasteiger partial charge is 0.269 e. The van der Waals surface area contributed by atoms with E-state index in [1.165, 1.54) is 30.5 Å². The molecule has 0 aliphatic heterocycles. The second-order valence-corrected chi connectivity index (χ2v) is 10.0. The Labute approximate surface area is 241 Å². The van der Waals surface area contributed by atoms with Gasteiger partial charge in [0.25, 0.3) is 5.69 Å². The number of nitrogens with zero attached hydrogens (tertiary/aromatic N) is 3. The number of nitro benzene ring substituents is 1. The first-order chi connectivity index (χ1) is 19.9. The van der Waals surface area contributed by atoms with Crippen molar-refractivity contribution in [3.05, 3.63) is 81.9 Å². The van der Waals surface area contributed by atoms with Gasteiger partial charge in [-0.25, -0.2) is 0 Å². The van der Waals surface area contributed by atoms with Gasteiger partial charge in [-0.3, -0.25) is 15.0 Å². The van der Waals surface area contributed by atoms with Crippen LogP contribution in [0, 0.1) is 10.1 Å². The number of ether oxygens (including phenoxy) is 4. The standard InChI is InChI=1S/C31H39N3O7/c1-38-27-14-6-22(20-29(27)40-3)16-19-32(24-11-12-24)17-5-18-33(26-13-15-28(39-2)30(21-26)41-4)31(35)23-7-9-25(10-8-23)34(36)37/h6-10,13-15,20-21,24,31,35H,5,11-12,16-19H2,1-4H3. The molecule has 0 bridgehead atoms. The van der Waals surface area contributed by atoms with Crippen LogP contribution in [0.4, 0.5) is 11.4 Å². The molecular formula is C31H39N3O7. The third-order valence-corrected chi connectivity index (χ3v) is 7.44. The van der Waals surface area contributed by atoms with Crippen molar-refractivity contribution in [2.45, 2.75) is 38.0 Å². The van der Waals surface area contributed by atoms with Gasteiger partial charge in [-0.05, 0) is 67.6 Å². The van der Waals surface area contributed by atoms with Crippen LogP contribution in [0.5, 0.6) is 23.0 Å². The Kier molecular flexibility index (Phi) is 10.3. The second kappa shape index (κ2) is 14.0. The molecule has 220 valence electrons. The molecule has 0 heterocycles. The molecule has 1 N–H and O–H groups in total. The van der Waals surface area contributed by atoms with E-state index in [1.54, 1.807) is 40.6 Å². The Morgan fingerprint density at radius 3 is 2.02 bits per heavy atom. The molecule has 0 saturated heterocycles. The van der Waals surface area contributed by atoms with E-state index in [-0.39, 0.29) is 5.69 Å². The molecule has 3 aromatic rings. The molecule has 1 aliphatic rings. The molecule has 0 radical (unpaired) electrons. The minimum absolute atomic E-state index is 0.0202. The zero-order valence-electron chi connectivity index (χ0n) is 24.1. The lowest BCUT2D eigenvalue weighted by molar-refractivity contribution is -0.384. The quantitative estimate of drug-likeness (QED) is 0.142. The first-order valence-corrected chi connectivity index (χ1v) is 13.7. The molecule has 0 spiro atoms. The van der Waals surface area contributed by atoms with Gasteiger partial charge in [0.2, 0.25) is 0 Å². The Morgan fingerprint density at radius 1 is 0.829 bits per heavy atom. The van der Waals surface area contributed by atoms with Crippen LogP contribution < -0.4 is 23.8 Å². The molecule has 3 aromatic carbocycles. The summed E-state index contributed by atoms with van der Waals surface area (Å²) in [4.78, 5) is 15.1. The average molecular weight is 566 g/mol. The van der Waals surface area contributed by atoms with Crippen molar-refractivity contribution in [1.29, 1.82) is 0 Å². The lowest BCUT2D eigenvalue weighted by Gasteiger charge is -2.32. The number of rotatable bonds is 16. The molecule has 1 aliphatic carbocycles. The number of aliphatic hydroxyl groups excluding tert-OH is 1. The fourth-order valence-electron chi connectivity index (χ4n) is 5.01. The minimum atomic E-state index is -1.00. The summed E-state index contributed by atoms with van der Waals surface area (Å²) in [6.45, 7) is 2.35. The molecule has 10 nitrogen and oxygen atoms in total. The van der Waals surface area contributed by atoms with Crippen molar-refractivity contribution < 1.29 is 29.0 Å². The third-order valence-electron chi connectivity index (χ3n) is 7.44. The number of nitro groups is 1. The number of aliphatic hydroxyl groups is 1. The summed E-state index contributed by atoms with van der Waals surface area (Å²) in [5.41, 5.74) is 2.50. The Balaban J connectivity index is 1.47. The number of anilines is 1. The summed E-state index contributed by atoms with van der Waals surface area (Å²) >= 11 is 0. The van der Waals surface area contributed by atoms with Crippen LogP contribution in [0.1, 0.15) is 36.6 Å². The van der Waals surface area contributed by atoms with Crippen molar-refractivity contribution in [1.82, 2.24) is 4.90 Å². The molecule has 10 heteroatoms. The summed E-state index contributed by atoms with van der Waals surface area (Å²) in [5, 5.41) is 22.6. The highest BCUT2D eigenvalue weighted by Crippen LogP contribution is 2.35. The SMILES string of the molecule is COc1ccc(CCN(CCCN(c2ccc(OC)c(OC)c2)C(O)c2ccc([N+](=O)[O-])cc2)C2CC2)cc1OC. The lowest BCUT2D eigenvalue weighted by atomic mass is 10.1. The highest BCUT2D eigenvalue weighted by atomic mass is 16.6. The first-order valence-electron chi connectivity index (χ1n) is 13.7. The van der Waals surface area contributed by atoms with Gasteiger partial charge < -0.3 is 29.0 Å². The van der Waals surface area contributed by atoms with Gasteiger partial charge in [-0.15, -0.1) is 0 Å². The van der Waals surface area contributed by atoms with E-state index in [4.69, 9.17) is 18.9 Å². The molecule has 1 unspecified atom stereocenters. The number of hydrogen-bond donors (Lipinski definition) is 1. The van der Waals surface area contributed by atoms with Crippen molar-refractivity contribution >= 4 is 11.4 Å². The average Bonchev–Trinajstić information content (AvgIpc) is 3.85. The third kappa shape index (κ3) is 7.59. The maximum Gasteiger partial charge on any atom is 0.269 e. The van der Waals surface area contributed by atoms with Crippen LogP contribution in [-0.4, -0.2) is 69.0 Å². The largest absolute Gasteiger partial charge is 0.493 e. The van der Waals surface area contributed by atoms with Crippen LogP contribution >= 0.6 is 0 Å². The maximum atomic E-state index is 11.4. The highest BCUT2D eigenvalue weighted by Gasteiger charge is 2.29. The summed E-state index contributed by atoms with van der Waals surface area (Å²) < 4.78 is 21.7. The fraction of sp³-hybridized carbons (Fsp3) is 0.419. The van der Waals surface area contributed by atoms with E-state index in [1.807, 2.05) is 35.2 Å². The molecule has 41 heavy (non-hydrogen) atoms. The van der Waals surface area contributed by atoms with Gasteiger partial charge >= 0.3 is 0 Å². The summed E-state index contributed by atoms with van der Waals surface area (Å²) in [6, 6.07) is 18.2. The van der Waals surface area contributed by atoms with Gasteiger partial charge in [-0.1, -0.05) is 6.07 Å². The van der Waals surface area contributed by atoms with Crippen molar-refractivity contribution in [3.8, 4) is 23.0 Å². The number of non-ortho nitro benzene ring substituents is 1. The van der Waals surface area contributed by atoms with Crippen LogP contribution in [0.2, 0.25) is 0 Å². The van der Waals surface area contributed by atoms with E-state index in [9.17, 15) is 15.2 Å². The summed E-state index contributed by atoms with van der Waals surface area (Å²) in [6.07, 6.45) is 3.07. The Hall–Kier alpha value is -4.02. The van der Waals surface area contributed by atoms with Crippen LogP contribution in [-0.2, 0) is 6.42 Å². The molecule has 0 aromatic heterocycles. The van der Waals surface area contributed by atoms with Crippen LogP contribution in [0.15, 0.2) is 60.7 Å². The lowest BCUT2D eigenvalue weighted by Crippen LogP contribution is -2.34. The van der Waals surface area contributed by atoms with E-state index < -0.39 is 11.2 Å². The van der Waals surface area contributed by atoms with E-state index >= 15 is 0 Å². The van der Waals surface area contributed by atoms with E-state index in [0.717, 1.165) is 43.1 Å². The number of hydrogen-bond acceptors (Lipinski definition) is 9. The van der Waals surface area contributed by atoms with Gasteiger partial charge in [0.05, 0.1) is 33.4 Å². The van der Waals surface area contributed by atoms with Crippen LogP contribution in [0.25, 0.3) is 0 Å². The molecular weight excluding hydrogens is 526 g/mol. The zero-order chi connectivity index (χ0) is 29.4.